The van der Waals surface area contributed by atoms with Gasteiger partial charge in [0, 0.05) is 36.3 Å². The number of nitrogens with zero attached hydrogens (tertiary/aromatic N) is 3. The largest absolute Gasteiger partial charge is 0.378 e. The van der Waals surface area contributed by atoms with Crippen LogP contribution in [0.15, 0.2) is 29.1 Å². The van der Waals surface area contributed by atoms with E-state index in [1.807, 2.05) is 25.7 Å². The topological polar surface area (TPSA) is 100 Å². The Labute approximate surface area is 203 Å². The molecule has 4 rings (SSSR count). The molecule has 1 amide bonds. The molecule has 0 radical (unpaired) electrons. The molecule has 8 nitrogen and oxygen atoms in total. The minimum atomic E-state index is -0.184. The van der Waals surface area contributed by atoms with Crippen molar-refractivity contribution in [3.05, 3.63) is 62.0 Å². The number of amides is 1. The van der Waals surface area contributed by atoms with E-state index in [4.69, 9.17) is 9.72 Å². The van der Waals surface area contributed by atoms with Crippen molar-refractivity contribution >= 4 is 23.2 Å². The number of carbonyl (C=O) groups excluding carboxylic acids is 1. The second-order valence-corrected chi connectivity index (χ2v) is 9.71. The summed E-state index contributed by atoms with van der Waals surface area (Å²) in [5, 5.41) is 4.01. The molecule has 180 valence electrons. The number of aryl methyl sites for hydroxylation is 3. The van der Waals surface area contributed by atoms with Crippen molar-refractivity contribution in [3.63, 3.8) is 0 Å². The van der Waals surface area contributed by atoms with Gasteiger partial charge in [0.15, 0.2) is 0 Å². The van der Waals surface area contributed by atoms with E-state index in [1.165, 1.54) is 5.56 Å². The fourth-order valence-electron chi connectivity index (χ4n) is 4.06. The summed E-state index contributed by atoms with van der Waals surface area (Å²) in [6.45, 7) is 10.5. The molecular weight excluding hydrogens is 450 g/mol. The maximum Gasteiger partial charge on any atom is 0.255 e. The molecule has 3 aromatic rings. The van der Waals surface area contributed by atoms with Crippen molar-refractivity contribution < 1.29 is 9.53 Å². The molecule has 1 fully saturated rings. The zero-order valence-electron chi connectivity index (χ0n) is 20.1. The first kappa shape index (κ1) is 24.1. The van der Waals surface area contributed by atoms with Gasteiger partial charge in [-0.3, -0.25) is 14.6 Å². The molecular formula is C25H31N5O3S. The Kier molecular flexibility index (Phi) is 7.43. The van der Waals surface area contributed by atoms with Crippen LogP contribution in [0.2, 0.25) is 0 Å². The second-order valence-electron chi connectivity index (χ2n) is 8.68. The summed E-state index contributed by atoms with van der Waals surface area (Å²) in [6.07, 6.45) is 0.557. The molecule has 1 aliphatic heterocycles. The van der Waals surface area contributed by atoms with Gasteiger partial charge in [-0.05, 0) is 34.1 Å². The summed E-state index contributed by atoms with van der Waals surface area (Å²) in [5.41, 5.74) is 4.23. The van der Waals surface area contributed by atoms with Crippen molar-refractivity contribution in [1.29, 1.82) is 0 Å². The van der Waals surface area contributed by atoms with E-state index in [1.54, 1.807) is 11.3 Å². The van der Waals surface area contributed by atoms with Crippen molar-refractivity contribution in [1.82, 2.24) is 20.3 Å². The van der Waals surface area contributed by atoms with Crippen molar-refractivity contribution in [2.75, 3.05) is 31.2 Å². The maximum atomic E-state index is 12.7. The van der Waals surface area contributed by atoms with Gasteiger partial charge >= 0.3 is 0 Å². The van der Waals surface area contributed by atoms with Gasteiger partial charge in [-0.1, -0.05) is 29.8 Å². The third-order valence-corrected chi connectivity index (χ3v) is 7.41. The number of nitrogens with one attached hydrogen (secondary N) is 2. The minimum Gasteiger partial charge on any atom is -0.378 e. The molecule has 0 saturated carbocycles. The molecule has 1 saturated heterocycles. The van der Waals surface area contributed by atoms with E-state index in [0.29, 0.717) is 49.9 Å². The molecule has 1 aromatic carbocycles. The third kappa shape index (κ3) is 5.53. The fourth-order valence-corrected chi connectivity index (χ4v) is 5.14. The highest BCUT2D eigenvalue weighted by atomic mass is 32.1. The first-order chi connectivity index (χ1) is 16.3. The van der Waals surface area contributed by atoms with Crippen molar-refractivity contribution in [2.45, 2.75) is 46.6 Å². The highest BCUT2D eigenvalue weighted by Gasteiger charge is 2.19. The summed E-state index contributed by atoms with van der Waals surface area (Å²) in [7, 11) is 0. The quantitative estimate of drug-likeness (QED) is 0.536. The zero-order chi connectivity index (χ0) is 24.2. The van der Waals surface area contributed by atoms with Crippen LogP contribution in [-0.2, 0) is 16.0 Å². The molecule has 9 heteroatoms. The highest BCUT2D eigenvalue weighted by Crippen LogP contribution is 2.32. The lowest BCUT2D eigenvalue weighted by atomic mass is 10.1. The number of aromatic nitrogens is 3. The van der Waals surface area contributed by atoms with Crippen LogP contribution in [0.4, 0.5) is 5.95 Å². The Morgan fingerprint density at radius 3 is 2.53 bits per heavy atom. The standard InChI is InChI=1S/C25H31N5O3S/c1-15-5-7-19(8-6-15)24-27-18(4)22(34-24)17(3)26-21(31)10-9-20-16(2)28-25(29-23(20)32)30-11-13-33-14-12-30/h5-8,17H,9-14H2,1-4H3,(H,26,31)(H,28,29,32). The number of benzene rings is 1. The Hall–Kier alpha value is -3.04. The predicted molar refractivity (Wildman–Crippen MR) is 135 cm³/mol. The van der Waals surface area contributed by atoms with E-state index in [9.17, 15) is 9.59 Å². The van der Waals surface area contributed by atoms with Crippen LogP contribution in [0.3, 0.4) is 0 Å². The average molecular weight is 482 g/mol. The number of thiazole rings is 1. The number of hydrogen-bond acceptors (Lipinski definition) is 7. The Morgan fingerprint density at radius 2 is 1.85 bits per heavy atom. The normalized spacial score (nSPS) is 14.8. The van der Waals surface area contributed by atoms with Gasteiger partial charge in [-0.15, -0.1) is 11.3 Å². The van der Waals surface area contributed by atoms with E-state index < -0.39 is 0 Å². The number of morpholine rings is 1. The fraction of sp³-hybridized carbons (Fsp3) is 0.440. The van der Waals surface area contributed by atoms with Crippen molar-refractivity contribution in [3.8, 4) is 10.6 Å². The van der Waals surface area contributed by atoms with Crippen LogP contribution in [0.1, 0.15) is 46.8 Å². The second kappa shape index (κ2) is 10.5. The van der Waals surface area contributed by atoms with Crippen LogP contribution in [0, 0.1) is 20.8 Å². The number of carbonyl (C=O) groups is 1. The van der Waals surface area contributed by atoms with Gasteiger partial charge in [0.25, 0.3) is 5.56 Å². The summed E-state index contributed by atoms with van der Waals surface area (Å²) in [4.78, 5) is 40.5. The van der Waals surface area contributed by atoms with Crippen LogP contribution in [0.5, 0.6) is 0 Å². The number of ether oxygens (including phenoxy) is 1. The monoisotopic (exact) mass is 481 g/mol. The summed E-state index contributed by atoms with van der Waals surface area (Å²) >= 11 is 1.60. The van der Waals surface area contributed by atoms with E-state index >= 15 is 0 Å². The summed E-state index contributed by atoms with van der Waals surface area (Å²) in [6, 6.07) is 8.12. The van der Waals surface area contributed by atoms with Gasteiger partial charge in [0.05, 0.1) is 29.8 Å². The molecule has 1 unspecified atom stereocenters. The minimum absolute atomic E-state index is 0.103. The van der Waals surface area contributed by atoms with E-state index in [-0.39, 0.29) is 23.9 Å². The Balaban J connectivity index is 1.38. The van der Waals surface area contributed by atoms with Gasteiger partial charge in [0.2, 0.25) is 11.9 Å². The average Bonchev–Trinajstić information content (AvgIpc) is 3.21. The highest BCUT2D eigenvalue weighted by molar-refractivity contribution is 7.15. The number of rotatable bonds is 7. The van der Waals surface area contributed by atoms with Crippen molar-refractivity contribution in [2.24, 2.45) is 0 Å². The number of hydrogen-bond donors (Lipinski definition) is 2. The lowest BCUT2D eigenvalue weighted by Crippen LogP contribution is -2.38. The zero-order valence-corrected chi connectivity index (χ0v) is 20.9. The Bertz CT molecular complexity index is 1210. The van der Waals surface area contributed by atoms with E-state index in [2.05, 4.69) is 46.5 Å². The predicted octanol–water partition coefficient (Wildman–Crippen LogP) is 3.47. The molecule has 2 aromatic heterocycles. The SMILES string of the molecule is Cc1ccc(-c2nc(C)c(C(C)NC(=O)CCc3c(C)nc(N4CCOCC4)[nH]c3=O)s2)cc1. The van der Waals surface area contributed by atoms with Gasteiger partial charge in [0.1, 0.15) is 5.01 Å². The molecule has 1 atom stereocenters. The number of anilines is 1. The van der Waals surface area contributed by atoms with Gasteiger partial charge < -0.3 is 15.0 Å². The Morgan fingerprint density at radius 1 is 1.15 bits per heavy atom. The van der Waals surface area contributed by atoms with Crippen LogP contribution in [0.25, 0.3) is 10.6 Å². The number of aromatic amines is 1. The number of H-pyrrole nitrogens is 1. The van der Waals surface area contributed by atoms with Crippen LogP contribution >= 0.6 is 11.3 Å². The molecule has 0 bridgehead atoms. The molecule has 34 heavy (non-hydrogen) atoms. The van der Waals surface area contributed by atoms with E-state index in [0.717, 1.165) is 21.1 Å². The van der Waals surface area contributed by atoms with Crippen LogP contribution in [-0.4, -0.2) is 47.2 Å². The first-order valence-electron chi connectivity index (χ1n) is 11.6. The van der Waals surface area contributed by atoms with Gasteiger partial charge in [-0.25, -0.2) is 9.97 Å². The maximum absolute atomic E-state index is 12.7. The molecule has 1 aliphatic rings. The smallest absolute Gasteiger partial charge is 0.255 e. The molecule has 0 spiro atoms. The molecule has 0 aliphatic carbocycles. The van der Waals surface area contributed by atoms with Crippen LogP contribution < -0.4 is 15.8 Å². The molecule has 2 N–H and O–H groups in total. The summed E-state index contributed by atoms with van der Waals surface area (Å²) in [5.74, 6) is 0.464. The summed E-state index contributed by atoms with van der Waals surface area (Å²) < 4.78 is 5.36. The van der Waals surface area contributed by atoms with Gasteiger partial charge in [-0.2, -0.15) is 0 Å². The third-order valence-electron chi connectivity index (χ3n) is 6.02. The lowest BCUT2D eigenvalue weighted by molar-refractivity contribution is -0.121. The lowest BCUT2D eigenvalue weighted by Gasteiger charge is -2.27. The molecule has 3 heterocycles. The first-order valence-corrected chi connectivity index (χ1v) is 12.4.